The summed E-state index contributed by atoms with van der Waals surface area (Å²) >= 11 is 0. The number of aliphatic hydroxyl groups excluding tert-OH is 1. The number of rotatable bonds is 1. The van der Waals surface area contributed by atoms with Crippen LogP contribution in [0.2, 0.25) is 0 Å². The lowest BCUT2D eigenvalue weighted by Gasteiger charge is -2.22. The van der Waals surface area contributed by atoms with Crippen LogP contribution in [0.15, 0.2) is 0 Å². The molecular weight excluding hydrogens is 150 g/mol. The topological polar surface area (TPSA) is 32.3 Å². The average molecular weight is 164 g/mol. The summed E-state index contributed by atoms with van der Waals surface area (Å²) < 4.78 is 0. The minimum atomic E-state index is 0. The van der Waals surface area contributed by atoms with Gasteiger partial charge in [-0.15, -0.1) is 12.4 Å². The molecule has 2 N–H and O–H groups in total. The Bertz CT molecular complexity index is 121. The van der Waals surface area contributed by atoms with Crippen molar-refractivity contribution in [2.24, 2.45) is 5.41 Å². The SMILES string of the molecule is Cl.OC[C@@]12CC[C@@H](C1)NC2. The Morgan fingerprint density at radius 2 is 2.40 bits per heavy atom. The van der Waals surface area contributed by atoms with Crippen molar-refractivity contribution in [1.82, 2.24) is 5.32 Å². The molecule has 0 unspecified atom stereocenters. The van der Waals surface area contributed by atoms with E-state index < -0.39 is 0 Å². The summed E-state index contributed by atoms with van der Waals surface area (Å²) in [6.07, 6.45) is 3.73. The lowest BCUT2D eigenvalue weighted by molar-refractivity contribution is 0.144. The highest BCUT2D eigenvalue weighted by Crippen LogP contribution is 2.41. The van der Waals surface area contributed by atoms with Crippen LogP contribution in [-0.2, 0) is 0 Å². The van der Waals surface area contributed by atoms with E-state index in [1.54, 1.807) is 0 Å². The van der Waals surface area contributed by atoms with E-state index in [1.807, 2.05) is 0 Å². The van der Waals surface area contributed by atoms with Gasteiger partial charge < -0.3 is 10.4 Å². The Labute approximate surface area is 67.4 Å². The number of aliphatic hydroxyl groups is 1. The zero-order valence-corrected chi connectivity index (χ0v) is 6.78. The largest absolute Gasteiger partial charge is 0.396 e. The van der Waals surface area contributed by atoms with Crippen molar-refractivity contribution < 1.29 is 5.11 Å². The van der Waals surface area contributed by atoms with Crippen molar-refractivity contribution in [3.8, 4) is 0 Å². The average Bonchev–Trinajstić information content (AvgIpc) is 2.46. The van der Waals surface area contributed by atoms with Crippen LogP contribution in [0.1, 0.15) is 19.3 Å². The normalized spacial score (nSPS) is 43.5. The second kappa shape index (κ2) is 2.68. The van der Waals surface area contributed by atoms with Gasteiger partial charge in [0.2, 0.25) is 0 Å². The molecule has 1 heterocycles. The molecule has 1 saturated carbocycles. The highest BCUT2D eigenvalue weighted by Gasteiger charge is 2.43. The Balaban J connectivity index is 0.000000500. The van der Waals surface area contributed by atoms with Gasteiger partial charge in [-0.1, -0.05) is 0 Å². The molecule has 2 fully saturated rings. The third-order valence-corrected chi connectivity index (χ3v) is 2.80. The fourth-order valence-electron chi connectivity index (χ4n) is 2.10. The first-order valence-corrected chi connectivity index (χ1v) is 3.69. The zero-order chi connectivity index (χ0) is 6.32. The lowest BCUT2D eigenvalue weighted by Crippen LogP contribution is -2.31. The van der Waals surface area contributed by atoms with Crippen LogP contribution >= 0.6 is 12.4 Å². The van der Waals surface area contributed by atoms with Crippen molar-refractivity contribution in [2.45, 2.75) is 25.3 Å². The summed E-state index contributed by atoms with van der Waals surface area (Å²) in [5.74, 6) is 0. The van der Waals surface area contributed by atoms with Crippen LogP contribution in [0, 0.1) is 5.41 Å². The third-order valence-electron chi connectivity index (χ3n) is 2.80. The van der Waals surface area contributed by atoms with Gasteiger partial charge in [-0.3, -0.25) is 0 Å². The fourth-order valence-corrected chi connectivity index (χ4v) is 2.10. The van der Waals surface area contributed by atoms with Crippen LogP contribution in [-0.4, -0.2) is 24.3 Å². The highest BCUT2D eigenvalue weighted by atomic mass is 35.5. The van der Waals surface area contributed by atoms with Crippen LogP contribution in [0.4, 0.5) is 0 Å². The van der Waals surface area contributed by atoms with E-state index in [-0.39, 0.29) is 12.4 Å². The van der Waals surface area contributed by atoms with E-state index in [0.717, 1.165) is 12.6 Å². The van der Waals surface area contributed by atoms with E-state index in [2.05, 4.69) is 5.32 Å². The maximum Gasteiger partial charge on any atom is 0.0500 e. The Morgan fingerprint density at radius 3 is 2.60 bits per heavy atom. The second-order valence-electron chi connectivity index (χ2n) is 3.48. The van der Waals surface area contributed by atoms with Gasteiger partial charge in [-0.2, -0.15) is 0 Å². The predicted molar refractivity (Wildman–Crippen MR) is 42.4 cm³/mol. The molecule has 0 amide bonds. The van der Waals surface area contributed by atoms with Gasteiger partial charge in [0.15, 0.2) is 0 Å². The molecule has 0 radical (unpaired) electrons. The zero-order valence-electron chi connectivity index (χ0n) is 5.97. The molecule has 0 aromatic rings. The molecule has 1 saturated heterocycles. The van der Waals surface area contributed by atoms with Gasteiger partial charge in [-0.25, -0.2) is 0 Å². The standard InChI is InChI=1S/C7H13NO.ClH/c9-5-7-2-1-6(3-7)8-4-7;/h6,8-9H,1-5H2;1H/t6-,7-;/m0./s1. The third kappa shape index (κ3) is 1.04. The second-order valence-corrected chi connectivity index (χ2v) is 3.48. The maximum atomic E-state index is 9.00. The van der Waals surface area contributed by atoms with Gasteiger partial charge in [0.05, 0.1) is 0 Å². The van der Waals surface area contributed by atoms with Crippen LogP contribution < -0.4 is 5.32 Å². The molecule has 3 heteroatoms. The quantitative estimate of drug-likeness (QED) is 0.592. The molecule has 2 aliphatic rings. The number of nitrogens with one attached hydrogen (secondary N) is 1. The summed E-state index contributed by atoms with van der Waals surface area (Å²) in [5, 5.41) is 12.4. The Kier molecular flexibility index (Phi) is 2.23. The van der Waals surface area contributed by atoms with E-state index >= 15 is 0 Å². The molecule has 2 bridgehead atoms. The number of halogens is 1. The van der Waals surface area contributed by atoms with Crippen LogP contribution in [0.3, 0.4) is 0 Å². The van der Waals surface area contributed by atoms with Crippen molar-refractivity contribution in [2.75, 3.05) is 13.2 Å². The van der Waals surface area contributed by atoms with Gasteiger partial charge in [0.1, 0.15) is 0 Å². The minimum Gasteiger partial charge on any atom is -0.396 e. The number of piperidine rings is 1. The monoisotopic (exact) mass is 163 g/mol. The van der Waals surface area contributed by atoms with Gasteiger partial charge in [0.25, 0.3) is 0 Å². The molecule has 60 valence electrons. The van der Waals surface area contributed by atoms with Crippen molar-refractivity contribution in [3.63, 3.8) is 0 Å². The lowest BCUT2D eigenvalue weighted by atomic mass is 9.89. The first-order chi connectivity index (χ1) is 4.35. The highest BCUT2D eigenvalue weighted by molar-refractivity contribution is 5.85. The molecule has 2 rings (SSSR count). The van der Waals surface area contributed by atoms with E-state index in [1.165, 1.54) is 19.3 Å². The first kappa shape index (κ1) is 8.31. The first-order valence-electron chi connectivity index (χ1n) is 3.69. The van der Waals surface area contributed by atoms with Crippen LogP contribution in [0.25, 0.3) is 0 Å². The van der Waals surface area contributed by atoms with Crippen molar-refractivity contribution in [3.05, 3.63) is 0 Å². The van der Waals surface area contributed by atoms with E-state index in [9.17, 15) is 0 Å². The molecule has 2 atom stereocenters. The summed E-state index contributed by atoms with van der Waals surface area (Å²) in [6, 6.07) is 0.733. The molecule has 1 aliphatic heterocycles. The molecule has 0 aromatic carbocycles. The van der Waals surface area contributed by atoms with E-state index in [0.29, 0.717) is 12.0 Å². The number of hydrogen-bond donors (Lipinski definition) is 2. The molecule has 0 spiro atoms. The van der Waals surface area contributed by atoms with Gasteiger partial charge in [0, 0.05) is 24.6 Å². The number of hydrogen-bond acceptors (Lipinski definition) is 2. The molecular formula is C7H14ClNO. The fraction of sp³-hybridized carbons (Fsp3) is 1.00. The molecule has 1 aliphatic carbocycles. The summed E-state index contributed by atoms with van der Waals surface area (Å²) in [6.45, 7) is 1.44. The smallest absolute Gasteiger partial charge is 0.0500 e. The minimum absolute atomic E-state index is 0. The Hall–Kier alpha value is 0.210. The van der Waals surface area contributed by atoms with E-state index in [4.69, 9.17) is 5.11 Å². The molecule has 2 nitrogen and oxygen atoms in total. The summed E-state index contributed by atoms with van der Waals surface area (Å²) in [7, 11) is 0. The van der Waals surface area contributed by atoms with Crippen molar-refractivity contribution >= 4 is 12.4 Å². The summed E-state index contributed by atoms with van der Waals surface area (Å²) in [4.78, 5) is 0. The van der Waals surface area contributed by atoms with Gasteiger partial charge >= 0.3 is 0 Å². The Morgan fingerprint density at radius 1 is 1.60 bits per heavy atom. The summed E-state index contributed by atoms with van der Waals surface area (Å²) in [5.41, 5.74) is 0.296. The predicted octanol–water partition coefficient (Wildman–Crippen LogP) is 0.543. The van der Waals surface area contributed by atoms with Gasteiger partial charge in [-0.05, 0) is 19.3 Å². The molecule has 10 heavy (non-hydrogen) atoms. The maximum absolute atomic E-state index is 9.00. The number of fused-ring (bicyclic) bond motifs is 2. The van der Waals surface area contributed by atoms with Crippen molar-refractivity contribution in [1.29, 1.82) is 0 Å². The van der Waals surface area contributed by atoms with Crippen LogP contribution in [0.5, 0.6) is 0 Å². The molecule has 0 aromatic heterocycles.